The molecule has 236 valence electrons. The van der Waals surface area contributed by atoms with Gasteiger partial charge in [-0.3, -0.25) is 0 Å². The zero-order valence-electron chi connectivity index (χ0n) is 26.4. The highest BCUT2D eigenvalue weighted by atomic mass is 35.5. The van der Waals surface area contributed by atoms with E-state index < -0.39 is 5.54 Å². The number of hydrogen-bond donors (Lipinski definition) is 0. The van der Waals surface area contributed by atoms with Gasteiger partial charge in [-0.25, -0.2) is 14.3 Å². The van der Waals surface area contributed by atoms with Crippen LogP contribution in [0.1, 0.15) is 53.4 Å². The third kappa shape index (κ3) is 5.53. The van der Waals surface area contributed by atoms with Crippen LogP contribution in [0.15, 0.2) is 140 Å². The fraction of sp³-hybridized carbons (Fsp3) is 0.146. The van der Waals surface area contributed by atoms with Crippen LogP contribution in [-0.4, -0.2) is 31.2 Å². The summed E-state index contributed by atoms with van der Waals surface area (Å²) in [4.78, 5) is 4.93. The maximum absolute atomic E-state index is 6.18. The van der Waals surface area contributed by atoms with E-state index in [-0.39, 0.29) is 6.23 Å². The number of halogens is 1. The lowest BCUT2D eigenvalue weighted by Crippen LogP contribution is -2.38. The third-order valence-electron chi connectivity index (χ3n) is 9.14. The van der Waals surface area contributed by atoms with Crippen LogP contribution in [0, 0.1) is 0 Å². The molecule has 1 fully saturated rings. The van der Waals surface area contributed by atoms with Crippen molar-refractivity contribution in [3.05, 3.63) is 173 Å². The van der Waals surface area contributed by atoms with Crippen molar-refractivity contribution < 1.29 is 4.74 Å². The molecule has 0 radical (unpaired) electrons. The molecule has 48 heavy (non-hydrogen) atoms. The number of fused-ring (bicyclic) bond motifs is 1. The Morgan fingerprint density at radius 1 is 0.708 bits per heavy atom. The molecule has 1 unspecified atom stereocenters. The molecule has 2 aromatic heterocycles. The molecular formula is C41H34ClN5O. The van der Waals surface area contributed by atoms with E-state index in [1.807, 2.05) is 58.2 Å². The second-order valence-corrected chi connectivity index (χ2v) is 12.5. The van der Waals surface area contributed by atoms with Gasteiger partial charge in [-0.15, -0.1) is 5.10 Å². The van der Waals surface area contributed by atoms with E-state index in [0.29, 0.717) is 10.8 Å². The van der Waals surface area contributed by atoms with Crippen LogP contribution in [-0.2, 0) is 10.3 Å². The molecule has 8 rings (SSSR count). The molecule has 1 atom stereocenters. The van der Waals surface area contributed by atoms with Crippen molar-refractivity contribution in [1.29, 1.82) is 0 Å². The van der Waals surface area contributed by atoms with Gasteiger partial charge < -0.3 is 4.74 Å². The molecule has 0 amide bonds. The summed E-state index contributed by atoms with van der Waals surface area (Å²) in [6, 6.07) is 45.7. The summed E-state index contributed by atoms with van der Waals surface area (Å²) >= 11 is 6.14. The third-order valence-corrected chi connectivity index (χ3v) is 9.39. The maximum atomic E-state index is 6.18. The molecule has 6 nitrogen and oxygen atoms in total. The minimum absolute atomic E-state index is 0.0923. The Balaban J connectivity index is 1.27. The van der Waals surface area contributed by atoms with E-state index in [9.17, 15) is 0 Å². The molecule has 1 aliphatic heterocycles. The normalized spacial score (nSPS) is 15.3. The van der Waals surface area contributed by atoms with Crippen LogP contribution in [0.4, 0.5) is 0 Å². The van der Waals surface area contributed by atoms with Crippen molar-refractivity contribution in [2.24, 2.45) is 0 Å². The fourth-order valence-corrected chi connectivity index (χ4v) is 6.93. The number of aromatic nitrogens is 5. The highest BCUT2D eigenvalue weighted by Crippen LogP contribution is 2.41. The predicted molar refractivity (Wildman–Crippen MR) is 193 cm³/mol. The number of ether oxygens (including phenoxy) is 1. The van der Waals surface area contributed by atoms with Crippen molar-refractivity contribution in [3.63, 3.8) is 0 Å². The molecule has 3 heterocycles. The molecule has 0 aliphatic carbocycles. The topological polar surface area (TPSA) is 57.8 Å². The average Bonchev–Trinajstić information content (AvgIpc) is 3.79. The van der Waals surface area contributed by atoms with E-state index >= 15 is 0 Å². The summed E-state index contributed by atoms with van der Waals surface area (Å²) in [5.41, 5.74) is 6.39. The lowest BCUT2D eigenvalue weighted by atomic mass is 9.77. The molecule has 7 aromatic rings. The predicted octanol–water partition coefficient (Wildman–Crippen LogP) is 9.66. The Bertz CT molecular complexity index is 2070. The molecule has 0 saturated carbocycles. The van der Waals surface area contributed by atoms with Gasteiger partial charge in [0, 0.05) is 22.6 Å². The molecule has 5 aromatic carbocycles. The largest absolute Gasteiger partial charge is 0.356 e. The Kier molecular flexibility index (Phi) is 8.18. The van der Waals surface area contributed by atoms with Gasteiger partial charge in [-0.2, -0.15) is 5.10 Å². The smallest absolute Gasteiger partial charge is 0.181 e. The number of nitrogens with zero attached hydrogens (tertiary/aromatic N) is 5. The van der Waals surface area contributed by atoms with E-state index in [4.69, 9.17) is 31.5 Å². The highest BCUT2D eigenvalue weighted by Gasteiger charge is 2.39. The second kappa shape index (κ2) is 13.1. The molecule has 0 spiro atoms. The Morgan fingerprint density at radius 2 is 1.35 bits per heavy atom. The molecule has 1 saturated heterocycles. The van der Waals surface area contributed by atoms with Crippen molar-refractivity contribution in [2.75, 3.05) is 6.61 Å². The van der Waals surface area contributed by atoms with Gasteiger partial charge in [0.1, 0.15) is 11.9 Å². The summed E-state index contributed by atoms with van der Waals surface area (Å²) in [6.07, 6.45) is 9.02. The van der Waals surface area contributed by atoms with Crippen molar-refractivity contribution in [2.45, 2.75) is 31.0 Å². The Morgan fingerprint density at radius 3 is 1.96 bits per heavy atom. The monoisotopic (exact) mass is 647 g/mol. The standard InChI is InChI=1S/C41H34ClN5O/c42-35-23-19-30(20-24-35)21-25-37-36-28-31(22-26-38(36)47(44-37)39-18-10-11-27-48-39)40-43-29-46(45-40)41(32-12-4-1-5-13-32,33-14-6-2-7-15-33)34-16-8-3-9-17-34/h1-9,12-17,19-26,28-29,39H,10-11,18,27H2/b25-21+. The number of benzene rings is 5. The lowest BCUT2D eigenvalue weighted by Gasteiger charge is -2.35. The first kappa shape index (κ1) is 30.1. The first-order valence-corrected chi connectivity index (χ1v) is 16.7. The summed E-state index contributed by atoms with van der Waals surface area (Å²) in [7, 11) is 0. The number of hydrogen-bond acceptors (Lipinski definition) is 4. The summed E-state index contributed by atoms with van der Waals surface area (Å²) in [5.74, 6) is 0.637. The van der Waals surface area contributed by atoms with Gasteiger partial charge in [0.15, 0.2) is 12.1 Å². The Hall–Kier alpha value is -5.30. The summed E-state index contributed by atoms with van der Waals surface area (Å²) in [5, 5.41) is 12.0. The van der Waals surface area contributed by atoms with Gasteiger partial charge in [0.25, 0.3) is 0 Å². The SMILES string of the molecule is Clc1ccc(/C=C/c2nn(C3CCCCO3)c3ccc(-c4ncn(C(c5ccccc5)(c5ccccc5)c5ccccc5)n4)cc23)cc1. The van der Waals surface area contributed by atoms with Crippen LogP contribution in [0.3, 0.4) is 0 Å². The van der Waals surface area contributed by atoms with Crippen LogP contribution >= 0.6 is 11.6 Å². The van der Waals surface area contributed by atoms with Crippen LogP contribution in [0.25, 0.3) is 34.4 Å². The molecule has 1 aliphatic rings. The Labute approximate surface area is 284 Å². The highest BCUT2D eigenvalue weighted by molar-refractivity contribution is 6.30. The van der Waals surface area contributed by atoms with Crippen LogP contribution in [0.5, 0.6) is 0 Å². The van der Waals surface area contributed by atoms with Gasteiger partial charge in [-0.05, 0) is 77.9 Å². The quantitative estimate of drug-likeness (QED) is 0.154. The summed E-state index contributed by atoms with van der Waals surface area (Å²) < 4.78 is 10.2. The average molecular weight is 648 g/mol. The first-order chi connectivity index (χ1) is 23.7. The van der Waals surface area contributed by atoms with Crippen LogP contribution < -0.4 is 0 Å². The molecule has 0 bridgehead atoms. The van der Waals surface area contributed by atoms with E-state index in [1.54, 1.807) is 0 Å². The van der Waals surface area contributed by atoms with Gasteiger partial charge in [0.05, 0.1) is 11.2 Å². The van der Waals surface area contributed by atoms with E-state index in [2.05, 4.69) is 103 Å². The van der Waals surface area contributed by atoms with E-state index in [0.717, 1.165) is 70.3 Å². The maximum Gasteiger partial charge on any atom is 0.181 e. The zero-order valence-corrected chi connectivity index (χ0v) is 27.1. The van der Waals surface area contributed by atoms with Gasteiger partial charge in [0.2, 0.25) is 0 Å². The molecule has 0 N–H and O–H groups in total. The van der Waals surface area contributed by atoms with E-state index in [1.165, 1.54) is 0 Å². The van der Waals surface area contributed by atoms with Crippen molar-refractivity contribution in [1.82, 2.24) is 24.5 Å². The molecular weight excluding hydrogens is 614 g/mol. The minimum Gasteiger partial charge on any atom is -0.356 e. The molecule has 7 heteroatoms. The first-order valence-electron chi connectivity index (χ1n) is 16.4. The van der Waals surface area contributed by atoms with Gasteiger partial charge in [-0.1, -0.05) is 121 Å². The van der Waals surface area contributed by atoms with Crippen molar-refractivity contribution >= 4 is 34.7 Å². The lowest BCUT2D eigenvalue weighted by molar-refractivity contribution is -0.0367. The summed E-state index contributed by atoms with van der Waals surface area (Å²) in [6.45, 7) is 0.743. The van der Waals surface area contributed by atoms with Crippen LogP contribution in [0.2, 0.25) is 5.02 Å². The minimum atomic E-state index is -0.741. The zero-order chi connectivity index (χ0) is 32.3. The van der Waals surface area contributed by atoms with Gasteiger partial charge >= 0.3 is 0 Å². The van der Waals surface area contributed by atoms with Crippen molar-refractivity contribution in [3.8, 4) is 11.4 Å². The second-order valence-electron chi connectivity index (χ2n) is 12.1. The fourth-order valence-electron chi connectivity index (χ4n) is 6.80. The number of rotatable bonds is 8.